The Morgan fingerprint density at radius 3 is 2.30 bits per heavy atom. The summed E-state index contributed by atoms with van der Waals surface area (Å²) in [5.74, 6) is 0.221. The summed E-state index contributed by atoms with van der Waals surface area (Å²) >= 11 is 0. The predicted octanol–water partition coefficient (Wildman–Crippen LogP) is 5.13. The van der Waals surface area contributed by atoms with E-state index in [4.69, 9.17) is 4.74 Å². The van der Waals surface area contributed by atoms with Crippen LogP contribution >= 0.6 is 0 Å². The van der Waals surface area contributed by atoms with Gasteiger partial charge in [0.25, 0.3) is 0 Å². The van der Waals surface area contributed by atoms with Crippen LogP contribution in [0.1, 0.15) is 51.3 Å². The number of rotatable bonds is 5. The van der Waals surface area contributed by atoms with Gasteiger partial charge in [0.1, 0.15) is 17.6 Å². The van der Waals surface area contributed by atoms with Gasteiger partial charge in [-0.3, -0.25) is 9.59 Å². The number of carbonyl (C=O) groups is 2. The quantitative estimate of drug-likeness (QED) is 0.591. The first-order valence-corrected chi connectivity index (χ1v) is 11.2. The number of hydrogen-bond donors (Lipinski definition) is 0. The van der Waals surface area contributed by atoms with Gasteiger partial charge in [0, 0.05) is 19.5 Å². The molecule has 5 nitrogen and oxygen atoms in total. The van der Waals surface area contributed by atoms with Crippen LogP contribution in [0, 0.1) is 11.2 Å². The van der Waals surface area contributed by atoms with Crippen molar-refractivity contribution in [1.82, 2.24) is 9.80 Å². The summed E-state index contributed by atoms with van der Waals surface area (Å²) in [5, 5.41) is 0. The van der Waals surface area contributed by atoms with E-state index in [1.54, 1.807) is 36.0 Å². The Labute approximate surface area is 195 Å². The molecule has 0 saturated carbocycles. The topological polar surface area (TPSA) is 49.9 Å². The third kappa shape index (κ3) is 6.21. The van der Waals surface area contributed by atoms with Crippen molar-refractivity contribution in [3.63, 3.8) is 0 Å². The molecule has 3 rings (SSSR count). The molecule has 0 N–H and O–H groups in total. The molecular formula is C27H33FN2O3. The number of amides is 2. The van der Waals surface area contributed by atoms with Crippen LogP contribution in [-0.4, -0.2) is 41.3 Å². The van der Waals surface area contributed by atoms with Crippen LogP contribution in [-0.2, 0) is 16.1 Å². The lowest BCUT2D eigenvalue weighted by Crippen LogP contribution is -2.51. The van der Waals surface area contributed by atoms with Gasteiger partial charge < -0.3 is 14.5 Å². The summed E-state index contributed by atoms with van der Waals surface area (Å²) in [6, 6.07) is 12.8. The van der Waals surface area contributed by atoms with Crippen LogP contribution in [0.25, 0.3) is 0 Å². The smallest absolute Gasteiger partial charge is 0.246 e. The summed E-state index contributed by atoms with van der Waals surface area (Å²) < 4.78 is 18.7. The third-order valence-corrected chi connectivity index (χ3v) is 5.79. The van der Waals surface area contributed by atoms with Crippen LogP contribution in [0.15, 0.2) is 60.7 Å². The van der Waals surface area contributed by atoms with Gasteiger partial charge in [-0.2, -0.15) is 0 Å². The Bertz CT molecular complexity index is 994. The van der Waals surface area contributed by atoms with E-state index >= 15 is 0 Å². The summed E-state index contributed by atoms with van der Waals surface area (Å²) in [4.78, 5) is 30.2. The van der Waals surface area contributed by atoms with E-state index in [-0.39, 0.29) is 29.1 Å². The lowest BCUT2D eigenvalue weighted by molar-refractivity contribution is -0.147. The second kappa shape index (κ2) is 10.2. The first-order valence-electron chi connectivity index (χ1n) is 11.2. The highest BCUT2D eigenvalue weighted by molar-refractivity contribution is 5.88. The zero-order valence-electron chi connectivity index (χ0n) is 20.0. The van der Waals surface area contributed by atoms with Crippen LogP contribution in [0.4, 0.5) is 4.39 Å². The van der Waals surface area contributed by atoms with Gasteiger partial charge in [0.2, 0.25) is 11.8 Å². The Morgan fingerprint density at radius 2 is 1.73 bits per heavy atom. The number of carbonyl (C=O) groups excluding carboxylic acids is 2. The molecule has 33 heavy (non-hydrogen) atoms. The third-order valence-electron chi connectivity index (χ3n) is 5.79. The molecule has 1 heterocycles. The number of nitrogens with zero attached hydrogens (tertiary/aromatic N) is 2. The summed E-state index contributed by atoms with van der Waals surface area (Å²) in [6.07, 6.45) is 4.28. The first kappa shape index (κ1) is 24.5. The average molecular weight is 453 g/mol. The van der Waals surface area contributed by atoms with E-state index in [1.807, 2.05) is 57.2 Å². The van der Waals surface area contributed by atoms with Gasteiger partial charge in [-0.1, -0.05) is 57.2 Å². The van der Waals surface area contributed by atoms with Crippen LogP contribution in [0.5, 0.6) is 5.75 Å². The molecule has 1 aliphatic heterocycles. The monoisotopic (exact) mass is 452 g/mol. The fourth-order valence-electron chi connectivity index (χ4n) is 4.00. The van der Waals surface area contributed by atoms with Gasteiger partial charge in [0.05, 0.1) is 13.2 Å². The zero-order chi connectivity index (χ0) is 24.2. The summed E-state index contributed by atoms with van der Waals surface area (Å²) in [6.45, 7) is 8.49. The van der Waals surface area contributed by atoms with E-state index in [2.05, 4.69) is 0 Å². The standard InChI is InChI=1S/C27H33FN2O3/c1-19-26(32)30(18-20-8-12-22(28)13-9-20)24(21-10-14-23(33-5)15-11-21)7-6-16-29(19)25(31)17-27(2,3)4/h6-15,19,24H,16-18H2,1-5H3/b7-6-. The van der Waals surface area contributed by atoms with Crippen molar-refractivity contribution in [3.8, 4) is 5.75 Å². The molecule has 0 bridgehead atoms. The van der Waals surface area contributed by atoms with E-state index in [9.17, 15) is 14.0 Å². The van der Waals surface area contributed by atoms with Crippen molar-refractivity contribution in [1.29, 1.82) is 0 Å². The SMILES string of the molecule is COc1ccc(C2/C=C\CN(C(=O)CC(C)(C)C)C(C)C(=O)N2Cc2ccc(F)cc2)cc1. The van der Waals surface area contributed by atoms with Crippen molar-refractivity contribution < 1.29 is 18.7 Å². The highest BCUT2D eigenvalue weighted by Gasteiger charge is 2.35. The molecule has 176 valence electrons. The second-order valence-corrected chi connectivity index (χ2v) is 9.70. The minimum Gasteiger partial charge on any atom is -0.497 e. The molecule has 0 spiro atoms. The number of benzene rings is 2. The number of ether oxygens (including phenoxy) is 1. The second-order valence-electron chi connectivity index (χ2n) is 9.70. The molecular weight excluding hydrogens is 419 g/mol. The van der Waals surface area contributed by atoms with Crippen molar-refractivity contribution in [2.24, 2.45) is 5.41 Å². The van der Waals surface area contributed by atoms with Gasteiger partial charge in [-0.25, -0.2) is 4.39 Å². The van der Waals surface area contributed by atoms with Crippen molar-refractivity contribution in [3.05, 3.63) is 77.6 Å². The van der Waals surface area contributed by atoms with E-state index in [1.165, 1.54) is 12.1 Å². The van der Waals surface area contributed by atoms with Crippen LogP contribution < -0.4 is 4.74 Å². The molecule has 2 atom stereocenters. The first-order chi connectivity index (χ1) is 15.6. The minimum absolute atomic E-state index is 0.0439. The largest absolute Gasteiger partial charge is 0.497 e. The highest BCUT2D eigenvalue weighted by Crippen LogP contribution is 2.30. The molecule has 0 aliphatic carbocycles. The molecule has 0 radical (unpaired) electrons. The summed E-state index contributed by atoms with van der Waals surface area (Å²) in [7, 11) is 1.61. The van der Waals surface area contributed by atoms with Crippen molar-refractivity contribution in [2.75, 3.05) is 13.7 Å². The molecule has 2 unspecified atom stereocenters. The molecule has 0 saturated heterocycles. The minimum atomic E-state index is -0.619. The van der Waals surface area contributed by atoms with Gasteiger partial charge in [-0.15, -0.1) is 0 Å². The maximum Gasteiger partial charge on any atom is 0.246 e. The molecule has 0 fully saturated rings. The Hall–Kier alpha value is -3.15. The number of halogens is 1. The summed E-state index contributed by atoms with van der Waals surface area (Å²) in [5.41, 5.74) is 1.58. The molecule has 1 aliphatic rings. The zero-order valence-corrected chi connectivity index (χ0v) is 20.0. The molecule has 2 aromatic carbocycles. The highest BCUT2D eigenvalue weighted by atomic mass is 19.1. The van der Waals surface area contributed by atoms with Gasteiger partial charge in [0.15, 0.2) is 0 Å². The maximum atomic E-state index is 13.8. The lowest BCUT2D eigenvalue weighted by atomic mass is 9.91. The average Bonchev–Trinajstić information content (AvgIpc) is 2.76. The van der Waals surface area contributed by atoms with E-state index in [0.29, 0.717) is 19.5 Å². The molecule has 2 amide bonds. The Morgan fingerprint density at radius 1 is 1.09 bits per heavy atom. The maximum absolute atomic E-state index is 13.8. The van der Waals surface area contributed by atoms with E-state index < -0.39 is 6.04 Å². The van der Waals surface area contributed by atoms with E-state index in [0.717, 1.165) is 16.9 Å². The predicted molar refractivity (Wildman–Crippen MR) is 127 cm³/mol. The van der Waals surface area contributed by atoms with Gasteiger partial charge >= 0.3 is 0 Å². The van der Waals surface area contributed by atoms with Crippen LogP contribution in [0.2, 0.25) is 0 Å². The Balaban J connectivity index is 1.98. The Kier molecular flexibility index (Phi) is 7.57. The lowest BCUT2D eigenvalue weighted by Gasteiger charge is -2.39. The van der Waals surface area contributed by atoms with Crippen LogP contribution in [0.3, 0.4) is 0 Å². The van der Waals surface area contributed by atoms with Gasteiger partial charge in [-0.05, 0) is 47.7 Å². The molecule has 0 aromatic heterocycles. The fourth-order valence-corrected chi connectivity index (χ4v) is 4.00. The number of hydrogen-bond acceptors (Lipinski definition) is 3. The molecule has 6 heteroatoms. The normalized spacial score (nSPS) is 20.2. The number of methoxy groups -OCH3 is 1. The van der Waals surface area contributed by atoms with Crippen molar-refractivity contribution in [2.45, 2.75) is 52.7 Å². The fraction of sp³-hybridized carbons (Fsp3) is 0.407. The molecule has 2 aromatic rings. The van der Waals surface area contributed by atoms with Crippen molar-refractivity contribution >= 4 is 11.8 Å².